The molecule has 0 fully saturated rings. The van der Waals surface area contributed by atoms with Crippen LogP contribution in [0.3, 0.4) is 0 Å². The van der Waals surface area contributed by atoms with Gasteiger partial charge in [0.2, 0.25) is 0 Å². The number of allylic oxidation sites excluding steroid dienone is 2. The molecule has 1 aromatic rings. The quantitative estimate of drug-likeness (QED) is 0.509. The summed E-state index contributed by atoms with van der Waals surface area (Å²) in [6, 6.07) is 1.43. The zero-order chi connectivity index (χ0) is 16.1. The van der Waals surface area contributed by atoms with E-state index >= 15 is 0 Å². The van der Waals surface area contributed by atoms with E-state index in [4.69, 9.17) is 10.5 Å². The highest BCUT2D eigenvalue weighted by Crippen LogP contribution is 2.36. The molecule has 0 bridgehead atoms. The van der Waals surface area contributed by atoms with Gasteiger partial charge in [-0.25, -0.2) is 4.98 Å². The van der Waals surface area contributed by atoms with Gasteiger partial charge >= 0.3 is 11.7 Å². The molecule has 0 amide bonds. The highest BCUT2D eigenvalue weighted by Gasteiger charge is 2.26. The number of carbonyl (C=O) groups is 1. The summed E-state index contributed by atoms with van der Waals surface area (Å²) in [4.78, 5) is 26.3. The number of carbonyl (C=O) groups excluding carboxylic acids is 1. The lowest BCUT2D eigenvalue weighted by molar-refractivity contribution is -0.384. The van der Waals surface area contributed by atoms with Crippen molar-refractivity contribution in [2.75, 3.05) is 12.3 Å². The number of nitro groups is 1. The Balaban J connectivity index is 2.13. The highest BCUT2D eigenvalue weighted by molar-refractivity contribution is 5.77. The number of aromatic nitrogens is 1. The second-order valence-corrected chi connectivity index (χ2v) is 5.23. The number of ether oxygens (including phenoxy) is 1. The van der Waals surface area contributed by atoms with E-state index in [1.165, 1.54) is 12.3 Å². The fraction of sp³-hybridized carbons (Fsp3) is 0.467. The molecular formula is C15H19N3O4. The number of anilines is 1. The van der Waals surface area contributed by atoms with Crippen molar-refractivity contribution in [3.8, 4) is 0 Å². The Morgan fingerprint density at radius 1 is 1.59 bits per heavy atom. The minimum Gasteiger partial charge on any atom is -0.466 e. The zero-order valence-electron chi connectivity index (χ0n) is 12.4. The van der Waals surface area contributed by atoms with Crippen LogP contribution in [-0.2, 0) is 9.53 Å². The molecule has 2 rings (SSSR count). The largest absolute Gasteiger partial charge is 0.466 e. The van der Waals surface area contributed by atoms with Crippen molar-refractivity contribution in [1.29, 1.82) is 0 Å². The molecule has 0 aliphatic heterocycles. The molecule has 1 atom stereocenters. The molecular weight excluding hydrogens is 286 g/mol. The summed E-state index contributed by atoms with van der Waals surface area (Å²) in [6.45, 7) is 2.16. The topological polar surface area (TPSA) is 108 Å². The van der Waals surface area contributed by atoms with E-state index in [9.17, 15) is 14.9 Å². The molecule has 1 aliphatic carbocycles. The van der Waals surface area contributed by atoms with Gasteiger partial charge in [-0.05, 0) is 43.7 Å². The van der Waals surface area contributed by atoms with E-state index in [1.807, 2.05) is 6.08 Å². The molecule has 1 heterocycles. The van der Waals surface area contributed by atoms with Crippen molar-refractivity contribution in [3.05, 3.63) is 34.1 Å². The van der Waals surface area contributed by atoms with Crippen LogP contribution < -0.4 is 5.73 Å². The van der Waals surface area contributed by atoms with E-state index in [2.05, 4.69) is 4.98 Å². The van der Waals surface area contributed by atoms with Gasteiger partial charge in [0.1, 0.15) is 11.4 Å². The molecule has 22 heavy (non-hydrogen) atoms. The fourth-order valence-corrected chi connectivity index (χ4v) is 2.64. The molecule has 118 valence electrons. The van der Waals surface area contributed by atoms with E-state index < -0.39 is 4.92 Å². The van der Waals surface area contributed by atoms with Crippen LogP contribution in [0.15, 0.2) is 18.3 Å². The third kappa shape index (κ3) is 3.60. The molecule has 7 nitrogen and oxygen atoms in total. The third-order valence-electron chi connectivity index (χ3n) is 3.72. The first kappa shape index (κ1) is 15.9. The molecule has 1 aromatic heterocycles. The van der Waals surface area contributed by atoms with E-state index in [-0.39, 0.29) is 23.3 Å². The van der Waals surface area contributed by atoms with Crippen LogP contribution >= 0.6 is 0 Å². The standard InChI is InChI=1S/C15H19N3O4/c1-2-22-13(19)9-10-3-5-11(6-4-10)14-15(18(20)21)12(16)7-8-17-14/h5,7-8,10H,2-4,6,9H2,1H3,(H2,16,17). The Hall–Kier alpha value is -2.44. The molecule has 0 aromatic carbocycles. The maximum Gasteiger partial charge on any atom is 0.317 e. The van der Waals surface area contributed by atoms with Crippen molar-refractivity contribution < 1.29 is 14.5 Å². The van der Waals surface area contributed by atoms with Crippen LogP contribution in [0.4, 0.5) is 11.4 Å². The summed E-state index contributed by atoms with van der Waals surface area (Å²) in [7, 11) is 0. The smallest absolute Gasteiger partial charge is 0.317 e. The number of rotatable bonds is 5. The molecule has 0 spiro atoms. The zero-order valence-corrected chi connectivity index (χ0v) is 12.4. The molecule has 0 saturated heterocycles. The molecule has 0 radical (unpaired) electrons. The van der Waals surface area contributed by atoms with Crippen molar-refractivity contribution in [3.63, 3.8) is 0 Å². The average Bonchev–Trinajstić information content (AvgIpc) is 2.47. The summed E-state index contributed by atoms with van der Waals surface area (Å²) in [6.07, 6.45) is 5.87. The van der Waals surface area contributed by atoms with E-state index in [0.29, 0.717) is 31.6 Å². The summed E-state index contributed by atoms with van der Waals surface area (Å²) in [5.74, 6) is 0.0142. The lowest BCUT2D eigenvalue weighted by atomic mass is 9.86. The Kier molecular flexibility index (Phi) is 5.08. The van der Waals surface area contributed by atoms with E-state index in [1.54, 1.807) is 6.92 Å². The summed E-state index contributed by atoms with van der Waals surface area (Å²) < 4.78 is 4.94. The van der Waals surface area contributed by atoms with Crippen LogP contribution in [0.25, 0.3) is 5.57 Å². The number of pyridine rings is 1. The SMILES string of the molecule is CCOC(=O)CC1CC=C(c2nccc(N)c2[N+](=O)[O-])CC1. The maximum atomic E-state index is 11.5. The first-order valence-corrected chi connectivity index (χ1v) is 7.26. The van der Waals surface area contributed by atoms with Gasteiger partial charge in [0.05, 0.1) is 11.5 Å². The predicted octanol–water partition coefficient (Wildman–Crippen LogP) is 2.71. The minimum atomic E-state index is -0.497. The number of nitrogens with two attached hydrogens (primary N) is 1. The third-order valence-corrected chi connectivity index (χ3v) is 3.72. The first-order chi connectivity index (χ1) is 10.5. The molecule has 1 unspecified atom stereocenters. The van der Waals surface area contributed by atoms with Crippen molar-refractivity contribution in [1.82, 2.24) is 4.98 Å². The lowest BCUT2D eigenvalue weighted by Gasteiger charge is -2.21. The van der Waals surface area contributed by atoms with Gasteiger partial charge in [-0.3, -0.25) is 14.9 Å². The Labute approximate surface area is 128 Å². The number of hydrogen-bond donors (Lipinski definition) is 1. The Bertz CT molecular complexity index is 613. The highest BCUT2D eigenvalue weighted by atomic mass is 16.6. The Morgan fingerprint density at radius 2 is 2.36 bits per heavy atom. The van der Waals surface area contributed by atoms with Crippen molar-refractivity contribution >= 4 is 22.9 Å². The van der Waals surface area contributed by atoms with Crippen LogP contribution in [0.5, 0.6) is 0 Å². The van der Waals surface area contributed by atoms with Crippen LogP contribution in [0, 0.1) is 16.0 Å². The van der Waals surface area contributed by atoms with Gasteiger partial charge in [-0.1, -0.05) is 6.08 Å². The van der Waals surface area contributed by atoms with Gasteiger partial charge < -0.3 is 10.5 Å². The molecule has 1 aliphatic rings. The van der Waals surface area contributed by atoms with Gasteiger partial charge in [-0.2, -0.15) is 0 Å². The summed E-state index contributed by atoms with van der Waals surface area (Å²) >= 11 is 0. The summed E-state index contributed by atoms with van der Waals surface area (Å²) in [5, 5.41) is 11.2. The van der Waals surface area contributed by atoms with Crippen molar-refractivity contribution in [2.45, 2.75) is 32.6 Å². The second kappa shape index (κ2) is 7.02. The van der Waals surface area contributed by atoms with Crippen molar-refractivity contribution in [2.24, 2.45) is 5.92 Å². The predicted molar refractivity (Wildman–Crippen MR) is 81.9 cm³/mol. The van der Waals surface area contributed by atoms with Crippen LogP contribution in [0.2, 0.25) is 0 Å². The molecule has 7 heteroatoms. The number of esters is 1. The average molecular weight is 305 g/mol. The van der Waals surface area contributed by atoms with Crippen LogP contribution in [0.1, 0.15) is 38.3 Å². The van der Waals surface area contributed by atoms with Gasteiger partial charge in [0, 0.05) is 12.6 Å². The normalized spacial score (nSPS) is 17.7. The second-order valence-electron chi connectivity index (χ2n) is 5.23. The fourth-order valence-electron chi connectivity index (χ4n) is 2.64. The first-order valence-electron chi connectivity index (χ1n) is 7.26. The van der Waals surface area contributed by atoms with E-state index in [0.717, 1.165) is 12.0 Å². The monoisotopic (exact) mass is 305 g/mol. The minimum absolute atomic E-state index is 0.115. The maximum absolute atomic E-state index is 11.5. The van der Waals surface area contributed by atoms with Crippen LogP contribution in [-0.4, -0.2) is 22.5 Å². The van der Waals surface area contributed by atoms with Gasteiger partial charge in [0.15, 0.2) is 0 Å². The van der Waals surface area contributed by atoms with Gasteiger partial charge in [0.25, 0.3) is 0 Å². The molecule has 0 saturated carbocycles. The Morgan fingerprint density at radius 3 is 2.95 bits per heavy atom. The lowest BCUT2D eigenvalue weighted by Crippen LogP contribution is -2.14. The number of hydrogen-bond acceptors (Lipinski definition) is 6. The summed E-state index contributed by atoms with van der Waals surface area (Å²) in [5.41, 5.74) is 6.81. The van der Waals surface area contributed by atoms with Gasteiger partial charge in [-0.15, -0.1) is 0 Å². The number of nitrogen functional groups attached to an aromatic ring is 1. The molecule has 2 N–H and O–H groups in total. The number of nitrogens with zero attached hydrogens (tertiary/aromatic N) is 2.